The minimum Gasteiger partial charge on any atom is -0.368 e. The molecule has 0 spiro atoms. The summed E-state index contributed by atoms with van der Waals surface area (Å²) in [6, 6.07) is 8.42. The molecular formula is C16H22N2O. The molecule has 2 unspecified atom stereocenters. The lowest BCUT2D eigenvalue weighted by molar-refractivity contribution is 0.1000. The number of fused-ring (bicyclic) bond motifs is 1. The third-order valence-electron chi connectivity index (χ3n) is 4.72. The Balaban J connectivity index is 1.94. The Morgan fingerprint density at radius 3 is 2.68 bits per heavy atom. The number of hydrogen-bond donors (Lipinski definition) is 1. The topological polar surface area (TPSA) is 46.3 Å². The van der Waals surface area contributed by atoms with Crippen molar-refractivity contribution in [2.45, 2.75) is 44.6 Å². The lowest BCUT2D eigenvalue weighted by Gasteiger charge is -2.46. The Hall–Kier alpha value is -1.51. The molecule has 1 amide bonds. The van der Waals surface area contributed by atoms with E-state index in [1.807, 2.05) is 18.2 Å². The molecule has 3 rings (SSSR count). The van der Waals surface area contributed by atoms with Gasteiger partial charge in [-0.25, -0.2) is 0 Å². The summed E-state index contributed by atoms with van der Waals surface area (Å²) in [5.74, 6) is 0.497. The molecule has 3 heteroatoms. The van der Waals surface area contributed by atoms with Crippen molar-refractivity contribution in [3.8, 4) is 0 Å². The van der Waals surface area contributed by atoms with Crippen molar-refractivity contribution < 1.29 is 4.79 Å². The van der Waals surface area contributed by atoms with Crippen molar-refractivity contribution in [2.75, 3.05) is 11.4 Å². The van der Waals surface area contributed by atoms with Crippen LogP contribution in [0.25, 0.3) is 0 Å². The van der Waals surface area contributed by atoms with Crippen LogP contribution in [0.4, 0.5) is 5.69 Å². The fraction of sp³-hybridized carbons (Fsp3) is 0.562. The normalized spacial score (nSPS) is 26.8. The summed E-state index contributed by atoms with van der Waals surface area (Å²) >= 11 is 0. The average molecular weight is 258 g/mol. The van der Waals surface area contributed by atoms with E-state index in [-0.39, 0.29) is 5.91 Å². The number of primary amides is 1. The molecule has 1 aromatic carbocycles. The number of nitrogens with zero attached hydrogens (tertiary/aromatic N) is 1. The maximum absolute atomic E-state index is 11.6. The van der Waals surface area contributed by atoms with E-state index in [1.54, 1.807) is 0 Å². The molecule has 1 aliphatic heterocycles. The van der Waals surface area contributed by atoms with Crippen molar-refractivity contribution in [2.24, 2.45) is 11.7 Å². The molecule has 0 radical (unpaired) electrons. The first-order valence-corrected chi connectivity index (χ1v) is 7.43. The zero-order chi connectivity index (χ0) is 13.2. The summed E-state index contributed by atoms with van der Waals surface area (Å²) in [6.45, 7) is 1.06. The van der Waals surface area contributed by atoms with Crippen LogP contribution in [0, 0.1) is 5.92 Å². The first kappa shape index (κ1) is 12.5. The van der Waals surface area contributed by atoms with E-state index in [0.29, 0.717) is 11.6 Å². The second-order valence-electron chi connectivity index (χ2n) is 5.83. The van der Waals surface area contributed by atoms with Crippen molar-refractivity contribution in [1.29, 1.82) is 0 Å². The van der Waals surface area contributed by atoms with Gasteiger partial charge in [0.2, 0.25) is 0 Å². The molecule has 2 fully saturated rings. The molecule has 1 aromatic rings. The van der Waals surface area contributed by atoms with Gasteiger partial charge in [0.25, 0.3) is 5.91 Å². The summed E-state index contributed by atoms with van der Waals surface area (Å²) in [7, 11) is 0. The van der Waals surface area contributed by atoms with Gasteiger partial charge in [-0.15, -0.1) is 0 Å². The fourth-order valence-electron chi connectivity index (χ4n) is 3.86. The van der Waals surface area contributed by atoms with Gasteiger partial charge in [-0.2, -0.15) is 0 Å². The Kier molecular flexibility index (Phi) is 3.45. The minimum absolute atomic E-state index is 0.312. The standard InChI is InChI=1S/C16H22N2O/c17-16(19)13-8-2-4-10-15(13)18-11-5-7-12-6-1-3-9-14(12)18/h2,4,8,10,12,14H,1,3,5-7,9,11H2,(H2,17,19). The van der Waals surface area contributed by atoms with E-state index in [2.05, 4.69) is 11.0 Å². The summed E-state index contributed by atoms with van der Waals surface area (Å²) < 4.78 is 0. The van der Waals surface area contributed by atoms with E-state index in [9.17, 15) is 4.79 Å². The highest BCUT2D eigenvalue weighted by molar-refractivity contribution is 5.98. The first-order chi connectivity index (χ1) is 9.27. The van der Waals surface area contributed by atoms with Crippen LogP contribution in [-0.4, -0.2) is 18.5 Å². The number of amides is 1. The zero-order valence-electron chi connectivity index (χ0n) is 11.3. The Morgan fingerprint density at radius 1 is 1.11 bits per heavy atom. The number of benzene rings is 1. The van der Waals surface area contributed by atoms with E-state index in [4.69, 9.17) is 5.73 Å². The van der Waals surface area contributed by atoms with Crippen molar-refractivity contribution in [3.05, 3.63) is 29.8 Å². The van der Waals surface area contributed by atoms with Crippen LogP contribution in [0.15, 0.2) is 24.3 Å². The molecule has 3 nitrogen and oxygen atoms in total. The third kappa shape index (κ3) is 2.34. The number of rotatable bonds is 2. The molecule has 0 aromatic heterocycles. The van der Waals surface area contributed by atoms with Crippen LogP contribution in [0.5, 0.6) is 0 Å². The van der Waals surface area contributed by atoms with Crippen LogP contribution < -0.4 is 10.6 Å². The minimum atomic E-state index is -0.312. The number of carbonyl (C=O) groups excluding carboxylic acids is 1. The van der Waals surface area contributed by atoms with Crippen LogP contribution in [-0.2, 0) is 0 Å². The quantitative estimate of drug-likeness (QED) is 0.886. The third-order valence-corrected chi connectivity index (χ3v) is 4.72. The fourth-order valence-corrected chi connectivity index (χ4v) is 3.86. The van der Waals surface area contributed by atoms with Crippen molar-refractivity contribution in [3.63, 3.8) is 0 Å². The number of nitrogens with two attached hydrogens (primary N) is 1. The van der Waals surface area contributed by atoms with Gasteiger partial charge < -0.3 is 10.6 Å². The Labute approximate surface area is 114 Å². The van der Waals surface area contributed by atoms with Gasteiger partial charge in [-0.1, -0.05) is 25.0 Å². The molecule has 0 bridgehead atoms. The Morgan fingerprint density at radius 2 is 1.84 bits per heavy atom. The van der Waals surface area contributed by atoms with Crippen LogP contribution >= 0.6 is 0 Å². The van der Waals surface area contributed by atoms with Gasteiger partial charge in [-0.05, 0) is 43.7 Å². The van der Waals surface area contributed by atoms with Crippen LogP contribution in [0.2, 0.25) is 0 Å². The van der Waals surface area contributed by atoms with Gasteiger partial charge in [-0.3, -0.25) is 4.79 Å². The maximum Gasteiger partial charge on any atom is 0.250 e. The highest BCUT2D eigenvalue weighted by Gasteiger charge is 2.34. The smallest absolute Gasteiger partial charge is 0.250 e. The monoisotopic (exact) mass is 258 g/mol. The molecule has 1 heterocycles. The zero-order valence-corrected chi connectivity index (χ0v) is 11.3. The predicted molar refractivity (Wildman–Crippen MR) is 77.3 cm³/mol. The van der Waals surface area contributed by atoms with Gasteiger partial charge in [0, 0.05) is 18.3 Å². The molecule has 1 saturated carbocycles. The van der Waals surface area contributed by atoms with Crippen LogP contribution in [0.1, 0.15) is 48.9 Å². The maximum atomic E-state index is 11.6. The number of anilines is 1. The van der Waals surface area contributed by atoms with Gasteiger partial charge in [0.1, 0.15) is 0 Å². The molecular weight excluding hydrogens is 236 g/mol. The van der Waals surface area contributed by atoms with Crippen molar-refractivity contribution >= 4 is 11.6 Å². The summed E-state index contributed by atoms with van der Waals surface area (Å²) in [5, 5.41) is 0. The van der Waals surface area contributed by atoms with Crippen LogP contribution in [0.3, 0.4) is 0 Å². The lowest BCUT2D eigenvalue weighted by atomic mass is 9.78. The van der Waals surface area contributed by atoms with Gasteiger partial charge in [0.05, 0.1) is 5.56 Å². The molecule has 102 valence electrons. The number of carbonyl (C=O) groups is 1. The van der Waals surface area contributed by atoms with Crippen molar-refractivity contribution in [1.82, 2.24) is 0 Å². The summed E-state index contributed by atoms with van der Waals surface area (Å²) in [6.07, 6.45) is 7.87. The van der Waals surface area contributed by atoms with E-state index in [1.165, 1.54) is 38.5 Å². The molecule has 19 heavy (non-hydrogen) atoms. The number of piperidine rings is 1. The largest absolute Gasteiger partial charge is 0.368 e. The number of para-hydroxylation sites is 1. The SMILES string of the molecule is NC(=O)c1ccccc1N1CCCC2CCCCC21. The molecule has 2 N–H and O–H groups in total. The molecule has 2 atom stereocenters. The van der Waals surface area contributed by atoms with E-state index >= 15 is 0 Å². The summed E-state index contributed by atoms with van der Waals surface area (Å²) in [5.41, 5.74) is 7.25. The second-order valence-corrected chi connectivity index (χ2v) is 5.83. The molecule has 1 aliphatic carbocycles. The Bertz CT molecular complexity index is 470. The molecule has 2 aliphatic rings. The van der Waals surface area contributed by atoms with E-state index < -0.39 is 0 Å². The van der Waals surface area contributed by atoms with Gasteiger partial charge in [0.15, 0.2) is 0 Å². The summed E-state index contributed by atoms with van der Waals surface area (Å²) in [4.78, 5) is 14.1. The second kappa shape index (κ2) is 5.24. The van der Waals surface area contributed by atoms with E-state index in [0.717, 1.165) is 18.2 Å². The molecule has 1 saturated heterocycles. The highest BCUT2D eigenvalue weighted by Crippen LogP contribution is 2.38. The average Bonchev–Trinajstić information content (AvgIpc) is 2.46. The predicted octanol–water partition coefficient (Wildman–Crippen LogP) is 2.94. The number of hydrogen-bond acceptors (Lipinski definition) is 2. The van der Waals surface area contributed by atoms with Gasteiger partial charge >= 0.3 is 0 Å². The lowest BCUT2D eigenvalue weighted by Crippen LogP contribution is -2.47. The highest BCUT2D eigenvalue weighted by atomic mass is 16.1. The first-order valence-electron chi connectivity index (χ1n) is 7.43.